The molecule has 5 heteroatoms. The van der Waals surface area contributed by atoms with Crippen LogP contribution in [0.3, 0.4) is 0 Å². The van der Waals surface area contributed by atoms with Crippen LogP contribution in [0.25, 0.3) is 0 Å². The third kappa shape index (κ3) is 1.76. The van der Waals surface area contributed by atoms with Gasteiger partial charge < -0.3 is 5.73 Å². The van der Waals surface area contributed by atoms with Gasteiger partial charge in [0.15, 0.2) is 0 Å². The lowest BCUT2D eigenvalue weighted by atomic mass is 10.1. The molecule has 0 bridgehead atoms. The van der Waals surface area contributed by atoms with Crippen molar-refractivity contribution < 1.29 is 0 Å². The van der Waals surface area contributed by atoms with Crippen molar-refractivity contribution in [3.63, 3.8) is 0 Å². The van der Waals surface area contributed by atoms with Crippen molar-refractivity contribution in [1.82, 2.24) is 15.4 Å². The summed E-state index contributed by atoms with van der Waals surface area (Å²) >= 11 is 5.77. The molecule has 0 amide bonds. The number of H-pyrrole nitrogens is 1. The monoisotopic (exact) mass is 208 g/mol. The smallest absolute Gasteiger partial charge is 0.104 e. The Morgan fingerprint density at radius 2 is 2.00 bits per heavy atom. The van der Waals surface area contributed by atoms with E-state index in [2.05, 4.69) is 15.4 Å². The molecule has 3 N–H and O–H groups in total. The van der Waals surface area contributed by atoms with Crippen LogP contribution in [0.2, 0.25) is 5.02 Å². The van der Waals surface area contributed by atoms with Gasteiger partial charge in [-0.25, -0.2) is 0 Å². The quantitative estimate of drug-likeness (QED) is 0.786. The minimum atomic E-state index is -0.258. The normalized spacial score (nSPS) is 12.7. The van der Waals surface area contributed by atoms with E-state index in [1.807, 2.05) is 12.1 Å². The van der Waals surface area contributed by atoms with Crippen molar-refractivity contribution in [3.05, 3.63) is 46.7 Å². The predicted molar refractivity (Wildman–Crippen MR) is 53.9 cm³/mol. The molecular weight excluding hydrogens is 200 g/mol. The standard InChI is InChI=1S/C9H9ClN4/c10-7-3-1-6(2-4-7)9(11)8-5-12-14-13-8/h1-5,9H,11H2,(H,12,13,14)/t9-/m1/s1. The molecule has 0 fully saturated rings. The van der Waals surface area contributed by atoms with Gasteiger partial charge in [0.05, 0.1) is 12.2 Å². The second-order valence-electron chi connectivity index (χ2n) is 2.92. The Hall–Kier alpha value is -1.39. The molecule has 1 heterocycles. The van der Waals surface area contributed by atoms with Gasteiger partial charge in [0.2, 0.25) is 0 Å². The number of nitrogens with two attached hydrogens (primary N) is 1. The molecule has 1 atom stereocenters. The van der Waals surface area contributed by atoms with Gasteiger partial charge in [0.25, 0.3) is 0 Å². The molecule has 0 aliphatic heterocycles. The first kappa shape index (κ1) is 9.18. The first-order valence-electron chi connectivity index (χ1n) is 4.14. The summed E-state index contributed by atoms with van der Waals surface area (Å²) in [7, 11) is 0. The second-order valence-corrected chi connectivity index (χ2v) is 3.36. The largest absolute Gasteiger partial charge is 0.319 e. The van der Waals surface area contributed by atoms with Crippen LogP contribution in [0.4, 0.5) is 0 Å². The Kier molecular flexibility index (Phi) is 2.47. The number of benzene rings is 1. The number of hydrogen-bond acceptors (Lipinski definition) is 3. The molecule has 0 radical (unpaired) electrons. The number of nitrogens with one attached hydrogen (secondary N) is 1. The average Bonchev–Trinajstić information content (AvgIpc) is 2.71. The van der Waals surface area contributed by atoms with E-state index in [9.17, 15) is 0 Å². The minimum absolute atomic E-state index is 0.258. The molecule has 0 spiro atoms. The van der Waals surface area contributed by atoms with Crippen LogP contribution in [0.15, 0.2) is 30.5 Å². The molecule has 0 unspecified atom stereocenters. The maximum absolute atomic E-state index is 5.95. The Labute approximate surface area is 86.1 Å². The summed E-state index contributed by atoms with van der Waals surface area (Å²) in [4.78, 5) is 0. The summed E-state index contributed by atoms with van der Waals surface area (Å²) in [6.45, 7) is 0. The van der Waals surface area contributed by atoms with Crippen LogP contribution < -0.4 is 5.73 Å². The van der Waals surface area contributed by atoms with Crippen LogP contribution in [0.5, 0.6) is 0 Å². The first-order chi connectivity index (χ1) is 6.77. The number of rotatable bonds is 2. The van der Waals surface area contributed by atoms with E-state index in [1.54, 1.807) is 18.3 Å². The van der Waals surface area contributed by atoms with Gasteiger partial charge in [0, 0.05) is 5.02 Å². The minimum Gasteiger partial charge on any atom is -0.319 e. The topological polar surface area (TPSA) is 67.6 Å². The summed E-state index contributed by atoms with van der Waals surface area (Å²) in [5.74, 6) is 0. The molecule has 1 aromatic heterocycles. The summed E-state index contributed by atoms with van der Waals surface area (Å²) in [5.41, 5.74) is 7.62. The van der Waals surface area contributed by atoms with Crippen molar-refractivity contribution in [2.45, 2.75) is 6.04 Å². The highest BCUT2D eigenvalue weighted by Crippen LogP contribution is 2.18. The van der Waals surface area contributed by atoms with Crippen molar-refractivity contribution in [2.24, 2.45) is 5.73 Å². The van der Waals surface area contributed by atoms with Crippen LogP contribution in [-0.4, -0.2) is 15.4 Å². The molecule has 0 saturated heterocycles. The van der Waals surface area contributed by atoms with Crippen molar-refractivity contribution in [3.8, 4) is 0 Å². The average molecular weight is 209 g/mol. The SMILES string of the molecule is N[C@H](c1ccc(Cl)cc1)c1cn[nH]n1. The number of nitrogens with zero attached hydrogens (tertiary/aromatic N) is 2. The number of aromatic nitrogens is 3. The molecule has 2 rings (SSSR count). The molecule has 0 aliphatic carbocycles. The zero-order chi connectivity index (χ0) is 9.97. The highest BCUT2D eigenvalue weighted by Gasteiger charge is 2.10. The van der Waals surface area contributed by atoms with Crippen molar-refractivity contribution >= 4 is 11.6 Å². The summed E-state index contributed by atoms with van der Waals surface area (Å²) in [6.07, 6.45) is 1.61. The molecule has 72 valence electrons. The van der Waals surface area contributed by atoms with E-state index in [-0.39, 0.29) is 6.04 Å². The second kappa shape index (κ2) is 3.77. The molecule has 4 nitrogen and oxygen atoms in total. The summed E-state index contributed by atoms with van der Waals surface area (Å²) in [5, 5.41) is 10.8. The van der Waals surface area contributed by atoms with Crippen LogP contribution in [-0.2, 0) is 0 Å². The van der Waals surface area contributed by atoms with Crippen molar-refractivity contribution in [2.75, 3.05) is 0 Å². The maximum atomic E-state index is 5.95. The fraction of sp³-hybridized carbons (Fsp3) is 0.111. The van der Waals surface area contributed by atoms with E-state index in [0.717, 1.165) is 5.56 Å². The van der Waals surface area contributed by atoms with Gasteiger partial charge >= 0.3 is 0 Å². The Balaban J connectivity index is 2.28. The first-order valence-corrected chi connectivity index (χ1v) is 4.52. The lowest BCUT2D eigenvalue weighted by Crippen LogP contribution is -2.12. The van der Waals surface area contributed by atoms with E-state index in [0.29, 0.717) is 10.7 Å². The van der Waals surface area contributed by atoms with Crippen molar-refractivity contribution in [1.29, 1.82) is 0 Å². The van der Waals surface area contributed by atoms with E-state index < -0.39 is 0 Å². The molecular formula is C9H9ClN4. The Morgan fingerprint density at radius 3 is 2.57 bits per heavy atom. The molecule has 1 aromatic carbocycles. The van der Waals surface area contributed by atoms with Gasteiger partial charge in [-0.3, -0.25) is 0 Å². The number of halogens is 1. The lowest BCUT2D eigenvalue weighted by Gasteiger charge is -2.07. The third-order valence-electron chi connectivity index (χ3n) is 1.98. The zero-order valence-electron chi connectivity index (χ0n) is 7.31. The van der Waals surface area contributed by atoms with E-state index in [1.165, 1.54) is 0 Å². The molecule has 2 aromatic rings. The highest BCUT2D eigenvalue weighted by atomic mass is 35.5. The molecule has 0 aliphatic rings. The fourth-order valence-electron chi connectivity index (χ4n) is 1.20. The van der Waals surface area contributed by atoms with E-state index >= 15 is 0 Å². The van der Waals surface area contributed by atoms with Gasteiger partial charge in [0.1, 0.15) is 5.69 Å². The lowest BCUT2D eigenvalue weighted by molar-refractivity contribution is 0.809. The third-order valence-corrected chi connectivity index (χ3v) is 2.23. The van der Waals surface area contributed by atoms with Crippen LogP contribution >= 0.6 is 11.6 Å². The summed E-state index contributed by atoms with van der Waals surface area (Å²) < 4.78 is 0. The number of hydrogen-bond donors (Lipinski definition) is 2. The zero-order valence-corrected chi connectivity index (χ0v) is 8.07. The van der Waals surface area contributed by atoms with E-state index in [4.69, 9.17) is 17.3 Å². The Bertz CT molecular complexity index is 395. The van der Waals surface area contributed by atoms with Gasteiger partial charge in [-0.15, -0.1) is 0 Å². The highest BCUT2D eigenvalue weighted by molar-refractivity contribution is 6.30. The molecule has 0 saturated carbocycles. The Morgan fingerprint density at radius 1 is 1.29 bits per heavy atom. The maximum Gasteiger partial charge on any atom is 0.104 e. The van der Waals surface area contributed by atoms with Crippen LogP contribution in [0, 0.1) is 0 Å². The van der Waals surface area contributed by atoms with Gasteiger partial charge in [-0.1, -0.05) is 23.7 Å². The van der Waals surface area contributed by atoms with Gasteiger partial charge in [-0.05, 0) is 17.7 Å². The number of aromatic amines is 1. The van der Waals surface area contributed by atoms with Crippen LogP contribution in [0.1, 0.15) is 17.3 Å². The van der Waals surface area contributed by atoms with Gasteiger partial charge in [-0.2, -0.15) is 15.4 Å². The fourth-order valence-corrected chi connectivity index (χ4v) is 1.33. The predicted octanol–water partition coefficient (Wildman–Crippen LogP) is 1.51. The molecule has 14 heavy (non-hydrogen) atoms. The summed E-state index contributed by atoms with van der Waals surface area (Å²) in [6, 6.07) is 7.10.